The van der Waals surface area contributed by atoms with Crippen LogP contribution < -0.4 is 19.8 Å². The van der Waals surface area contributed by atoms with Crippen LogP contribution in [0.1, 0.15) is 51.3 Å². The van der Waals surface area contributed by atoms with Crippen molar-refractivity contribution >= 4 is 46.1 Å². The molecule has 2 aliphatic heterocycles. The molecule has 3 aromatic rings. The summed E-state index contributed by atoms with van der Waals surface area (Å²) in [4.78, 5) is 47.7. The van der Waals surface area contributed by atoms with Crippen molar-refractivity contribution in [2.75, 3.05) is 11.4 Å². The van der Waals surface area contributed by atoms with E-state index in [1.165, 1.54) is 15.9 Å². The molecule has 2 aliphatic rings. The first-order valence-electron chi connectivity index (χ1n) is 12.2. The first-order chi connectivity index (χ1) is 17.7. The Morgan fingerprint density at radius 3 is 2.51 bits per heavy atom. The van der Waals surface area contributed by atoms with Gasteiger partial charge in [-0.3, -0.25) is 14.2 Å². The third-order valence-electron chi connectivity index (χ3n) is 6.34. The SMILES string of the molecule is CCCN1C(=O)/C(=c2\sc3n(c2=O)C(c2ccc(Cl)cc2)C(C(=O)OC(C)C)=C(C)N=3)c2ccccc21. The predicted octanol–water partition coefficient (Wildman–Crippen LogP) is 3.97. The molecule has 0 aliphatic carbocycles. The van der Waals surface area contributed by atoms with E-state index < -0.39 is 12.0 Å². The minimum atomic E-state index is -0.771. The topological polar surface area (TPSA) is 81.0 Å². The summed E-state index contributed by atoms with van der Waals surface area (Å²) in [6, 6.07) is 13.7. The van der Waals surface area contributed by atoms with Crippen LogP contribution in [0, 0.1) is 0 Å². The van der Waals surface area contributed by atoms with Gasteiger partial charge in [-0.15, -0.1) is 0 Å². The van der Waals surface area contributed by atoms with Crippen LogP contribution in [0.15, 0.2) is 69.6 Å². The standard InChI is InChI=1S/C28H26ClN3O4S/c1-5-14-31-20-9-7-6-8-19(20)22(25(31)33)24-26(34)32-23(17-10-12-18(29)13-11-17)21(27(35)36-15(2)3)16(4)30-28(32)37-24/h6-13,15,23H,5,14H2,1-4H3/b24-22-. The number of nitrogens with zero attached hydrogens (tertiary/aromatic N) is 3. The summed E-state index contributed by atoms with van der Waals surface area (Å²) >= 11 is 7.30. The Kier molecular flexibility index (Phi) is 6.64. The van der Waals surface area contributed by atoms with Gasteiger partial charge in [0.05, 0.1) is 34.7 Å². The molecule has 5 rings (SSSR count). The van der Waals surface area contributed by atoms with Crippen LogP contribution >= 0.6 is 22.9 Å². The first kappa shape index (κ1) is 25.2. The summed E-state index contributed by atoms with van der Waals surface area (Å²) in [6.45, 7) is 7.84. The number of carbonyl (C=O) groups is 2. The summed E-state index contributed by atoms with van der Waals surface area (Å²) in [7, 11) is 0. The predicted molar refractivity (Wildman–Crippen MR) is 144 cm³/mol. The number of halogens is 1. The van der Waals surface area contributed by atoms with Crippen molar-refractivity contribution in [3.8, 4) is 0 Å². The third kappa shape index (κ3) is 4.24. The van der Waals surface area contributed by atoms with E-state index in [9.17, 15) is 14.4 Å². The number of allylic oxidation sites excluding steroid dienone is 1. The number of benzene rings is 2. The Morgan fingerprint density at radius 2 is 1.84 bits per heavy atom. The molecule has 0 spiro atoms. The van der Waals surface area contributed by atoms with Gasteiger partial charge in [-0.05, 0) is 51.0 Å². The molecule has 7 nitrogen and oxygen atoms in total. The van der Waals surface area contributed by atoms with E-state index in [1.54, 1.807) is 49.9 Å². The minimum Gasteiger partial charge on any atom is -0.459 e. The first-order valence-corrected chi connectivity index (χ1v) is 13.3. The van der Waals surface area contributed by atoms with Gasteiger partial charge < -0.3 is 9.64 Å². The molecule has 0 radical (unpaired) electrons. The van der Waals surface area contributed by atoms with Gasteiger partial charge in [0.15, 0.2) is 4.80 Å². The maximum absolute atomic E-state index is 14.1. The van der Waals surface area contributed by atoms with E-state index in [4.69, 9.17) is 16.3 Å². The minimum absolute atomic E-state index is 0.202. The van der Waals surface area contributed by atoms with Gasteiger partial charge in [0.25, 0.3) is 11.5 Å². The Balaban J connectivity index is 1.80. The second kappa shape index (κ2) is 9.76. The molecule has 0 fully saturated rings. The van der Waals surface area contributed by atoms with E-state index in [2.05, 4.69) is 4.99 Å². The molecule has 1 aromatic heterocycles. The van der Waals surface area contributed by atoms with Crippen molar-refractivity contribution < 1.29 is 14.3 Å². The molecule has 3 heterocycles. The van der Waals surface area contributed by atoms with E-state index in [1.807, 2.05) is 31.2 Å². The fourth-order valence-corrected chi connectivity index (χ4v) is 6.08. The lowest BCUT2D eigenvalue weighted by atomic mass is 9.96. The second-order valence-electron chi connectivity index (χ2n) is 9.26. The van der Waals surface area contributed by atoms with Crippen molar-refractivity contribution in [2.45, 2.75) is 46.3 Å². The zero-order valence-electron chi connectivity index (χ0n) is 20.9. The van der Waals surface area contributed by atoms with Crippen LogP contribution in [0.4, 0.5) is 5.69 Å². The quantitative estimate of drug-likeness (QED) is 0.463. The van der Waals surface area contributed by atoms with Crippen molar-refractivity contribution in [3.05, 3.63) is 95.6 Å². The lowest BCUT2D eigenvalue weighted by Gasteiger charge is -2.25. The normalized spacial score (nSPS) is 18.2. The molecule has 1 unspecified atom stereocenters. The monoisotopic (exact) mass is 535 g/mol. The van der Waals surface area contributed by atoms with Gasteiger partial charge in [-0.25, -0.2) is 9.79 Å². The third-order valence-corrected chi connectivity index (χ3v) is 7.65. The van der Waals surface area contributed by atoms with E-state index >= 15 is 0 Å². The smallest absolute Gasteiger partial charge is 0.338 e. The number of fused-ring (bicyclic) bond motifs is 2. The molecule has 9 heteroatoms. The van der Waals surface area contributed by atoms with Crippen LogP contribution in [0.3, 0.4) is 0 Å². The fraction of sp³-hybridized carbons (Fsp3) is 0.286. The lowest BCUT2D eigenvalue weighted by molar-refractivity contribution is -0.143. The number of amides is 1. The second-order valence-corrected chi connectivity index (χ2v) is 10.7. The highest BCUT2D eigenvalue weighted by Gasteiger charge is 2.37. The number of anilines is 1. The summed E-state index contributed by atoms with van der Waals surface area (Å²) in [5.41, 5.74) is 2.96. The molecule has 37 heavy (non-hydrogen) atoms. The molecule has 1 atom stereocenters. The molecule has 0 saturated heterocycles. The van der Waals surface area contributed by atoms with Gasteiger partial charge in [0.1, 0.15) is 4.53 Å². The van der Waals surface area contributed by atoms with Crippen molar-refractivity contribution in [1.82, 2.24) is 4.57 Å². The molecule has 190 valence electrons. The molecular weight excluding hydrogens is 510 g/mol. The van der Waals surface area contributed by atoms with Gasteiger partial charge in [0.2, 0.25) is 0 Å². The maximum Gasteiger partial charge on any atom is 0.338 e. The van der Waals surface area contributed by atoms with Gasteiger partial charge in [-0.2, -0.15) is 0 Å². The van der Waals surface area contributed by atoms with Gasteiger partial charge >= 0.3 is 5.97 Å². The summed E-state index contributed by atoms with van der Waals surface area (Å²) in [5.74, 6) is -0.739. The lowest BCUT2D eigenvalue weighted by Crippen LogP contribution is -2.41. The molecular formula is C28H26ClN3O4S. The van der Waals surface area contributed by atoms with Crippen LogP contribution in [0.5, 0.6) is 0 Å². The van der Waals surface area contributed by atoms with Crippen LogP contribution in [-0.4, -0.2) is 29.1 Å². The molecule has 2 aromatic carbocycles. The molecule has 0 N–H and O–H groups in total. The number of hydrogen-bond acceptors (Lipinski definition) is 6. The maximum atomic E-state index is 14.1. The zero-order chi connectivity index (χ0) is 26.4. The number of rotatable bonds is 5. The largest absolute Gasteiger partial charge is 0.459 e. The molecule has 1 amide bonds. The average Bonchev–Trinajstić information content (AvgIpc) is 3.31. The number of thiazole rings is 1. The van der Waals surface area contributed by atoms with E-state index in [-0.39, 0.29) is 23.1 Å². The van der Waals surface area contributed by atoms with Crippen molar-refractivity contribution in [2.24, 2.45) is 4.99 Å². The summed E-state index contributed by atoms with van der Waals surface area (Å²) < 4.78 is 7.34. The van der Waals surface area contributed by atoms with E-state index in [0.717, 1.165) is 17.7 Å². The summed E-state index contributed by atoms with van der Waals surface area (Å²) in [5, 5.41) is 0.537. The zero-order valence-corrected chi connectivity index (χ0v) is 22.5. The van der Waals surface area contributed by atoms with Crippen molar-refractivity contribution in [1.29, 1.82) is 0 Å². The van der Waals surface area contributed by atoms with E-state index in [0.29, 0.717) is 37.7 Å². The number of esters is 1. The van der Waals surface area contributed by atoms with Crippen molar-refractivity contribution in [3.63, 3.8) is 0 Å². The number of para-hydroxylation sites is 1. The highest BCUT2D eigenvalue weighted by atomic mass is 35.5. The Hall–Kier alpha value is -3.49. The van der Waals surface area contributed by atoms with Gasteiger partial charge in [0, 0.05) is 17.1 Å². The van der Waals surface area contributed by atoms with Gasteiger partial charge in [-0.1, -0.05) is 60.2 Å². The highest BCUT2D eigenvalue weighted by Crippen LogP contribution is 2.36. The van der Waals surface area contributed by atoms with Crippen LogP contribution in [0.25, 0.3) is 5.57 Å². The number of hydrogen-bond donors (Lipinski definition) is 0. The fourth-order valence-electron chi connectivity index (χ4n) is 4.82. The number of ether oxygens (including phenoxy) is 1. The Morgan fingerprint density at radius 1 is 1.14 bits per heavy atom. The number of carbonyl (C=O) groups excluding carboxylic acids is 2. The number of aromatic nitrogens is 1. The summed E-state index contributed by atoms with van der Waals surface area (Å²) in [6.07, 6.45) is 0.439. The highest BCUT2D eigenvalue weighted by molar-refractivity contribution is 7.07. The Labute approximate surface area is 223 Å². The Bertz CT molecular complexity index is 1630. The van der Waals surface area contributed by atoms with Crippen LogP contribution in [-0.2, 0) is 14.3 Å². The van der Waals surface area contributed by atoms with Crippen LogP contribution in [0.2, 0.25) is 5.02 Å². The molecule has 0 saturated carbocycles. The average molecular weight is 536 g/mol. The molecule has 0 bridgehead atoms.